The molecule has 2 amide bonds. The quantitative estimate of drug-likeness (QED) is 0.717. The second-order valence-corrected chi connectivity index (χ2v) is 6.73. The van der Waals surface area contributed by atoms with E-state index in [1.54, 1.807) is 32.0 Å². The molecule has 1 atom stereocenters. The maximum absolute atomic E-state index is 13.0. The van der Waals surface area contributed by atoms with Crippen LogP contribution in [0.4, 0.5) is 10.1 Å². The minimum absolute atomic E-state index is 0.219. The van der Waals surface area contributed by atoms with Crippen LogP contribution in [0.1, 0.15) is 29.8 Å². The highest BCUT2D eigenvalue weighted by Gasteiger charge is 2.26. The number of esters is 1. The number of hydrogen-bond acceptors (Lipinski definition) is 4. The van der Waals surface area contributed by atoms with Gasteiger partial charge in [-0.3, -0.25) is 9.59 Å². The molecule has 2 rings (SSSR count). The normalized spacial score (nSPS) is 11.6. The number of hydrogen-bond donors (Lipinski definition) is 2. The summed E-state index contributed by atoms with van der Waals surface area (Å²) in [5, 5.41) is 5.20. The molecule has 0 saturated heterocycles. The molecule has 0 bridgehead atoms. The van der Waals surface area contributed by atoms with Crippen molar-refractivity contribution >= 4 is 23.5 Å². The molecular weight excluding hydrogens is 363 g/mol. The third kappa shape index (κ3) is 6.19. The number of benzene rings is 2. The van der Waals surface area contributed by atoms with Crippen molar-refractivity contribution in [1.82, 2.24) is 5.32 Å². The maximum atomic E-state index is 13.0. The number of anilines is 1. The first-order valence-electron chi connectivity index (χ1n) is 8.86. The summed E-state index contributed by atoms with van der Waals surface area (Å²) >= 11 is 0. The summed E-state index contributed by atoms with van der Waals surface area (Å²) in [5.41, 5.74) is 1.81. The summed E-state index contributed by atoms with van der Waals surface area (Å²) in [6, 6.07) is 11.2. The first kappa shape index (κ1) is 21.1. The second-order valence-electron chi connectivity index (χ2n) is 6.73. The molecule has 1 unspecified atom stereocenters. The predicted octanol–water partition coefficient (Wildman–Crippen LogP) is 3.07. The third-order valence-corrected chi connectivity index (χ3v) is 3.96. The van der Waals surface area contributed by atoms with Crippen LogP contribution in [0.2, 0.25) is 0 Å². The first-order chi connectivity index (χ1) is 13.3. The summed E-state index contributed by atoms with van der Waals surface area (Å²) < 4.78 is 18.0. The molecule has 0 fully saturated rings. The van der Waals surface area contributed by atoms with Gasteiger partial charge in [-0.1, -0.05) is 26.0 Å². The number of rotatable bonds is 7. The fourth-order valence-corrected chi connectivity index (χ4v) is 2.47. The van der Waals surface area contributed by atoms with E-state index < -0.39 is 36.2 Å². The van der Waals surface area contributed by atoms with Gasteiger partial charge in [-0.25, -0.2) is 9.18 Å². The first-order valence-corrected chi connectivity index (χ1v) is 8.86. The van der Waals surface area contributed by atoms with Gasteiger partial charge < -0.3 is 15.4 Å². The molecule has 7 heteroatoms. The minimum atomic E-state index is -0.940. The van der Waals surface area contributed by atoms with Crippen LogP contribution in [0.15, 0.2) is 48.5 Å². The molecular formula is C21H23FN2O4. The number of nitrogens with one attached hydrogen (secondary N) is 2. The van der Waals surface area contributed by atoms with Gasteiger partial charge in [0.05, 0.1) is 0 Å². The zero-order chi connectivity index (χ0) is 20.7. The number of ether oxygens (including phenoxy) is 1. The lowest BCUT2D eigenvalue weighted by Crippen LogP contribution is -2.45. The van der Waals surface area contributed by atoms with E-state index in [0.717, 1.165) is 17.7 Å². The highest BCUT2D eigenvalue weighted by atomic mass is 19.1. The highest BCUT2D eigenvalue weighted by molar-refractivity contribution is 5.97. The predicted molar refractivity (Wildman–Crippen MR) is 103 cm³/mol. The fourth-order valence-electron chi connectivity index (χ4n) is 2.47. The third-order valence-electron chi connectivity index (χ3n) is 3.96. The molecule has 0 aromatic heterocycles. The van der Waals surface area contributed by atoms with Gasteiger partial charge in [-0.2, -0.15) is 0 Å². The van der Waals surface area contributed by atoms with Crippen LogP contribution < -0.4 is 10.6 Å². The van der Waals surface area contributed by atoms with Crippen molar-refractivity contribution in [3.8, 4) is 0 Å². The molecule has 2 aromatic rings. The molecule has 2 aromatic carbocycles. The Morgan fingerprint density at radius 2 is 1.75 bits per heavy atom. The van der Waals surface area contributed by atoms with Crippen molar-refractivity contribution in [2.24, 2.45) is 5.92 Å². The lowest BCUT2D eigenvalue weighted by atomic mass is 10.0. The Morgan fingerprint density at radius 3 is 2.36 bits per heavy atom. The van der Waals surface area contributed by atoms with Gasteiger partial charge in [0.25, 0.3) is 11.8 Å². The van der Waals surface area contributed by atoms with Crippen molar-refractivity contribution in [1.29, 1.82) is 0 Å². The Labute approximate surface area is 163 Å². The molecule has 0 aliphatic heterocycles. The number of carbonyl (C=O) groups excluding carboxylic acids is 3. The van der Waals surface area contributed by atoms with Gasteiger partial charge in [-0.05, 0) is 54.8 Å². The van der Waals surface area contributed by atoms with Crippen molar-refractivity contribution in [3.63, 3.8) is 0 Å². The van der Waals surface area contributed by atoms with Gasteiger partial charge in [0.1, 0.15) is 11.9 Å². The summed E-state index contributed by atoms with van der Waals surface area (Å²) in [6.45, 7) is 4.91. The molecule has 148 valence electrons. The van der Waals surface area contributed by atoms with Gasteiger partial charge >= 0.3 is 5.97 Å². The lowest BCUT2D eigenvalue weighted by Gasteiger charge is -2.20. The van der Waals surface area contributed by atoms with Gasteiger partial charge in [0, 0.05) is 11.3 Å². The number of aryl methyl sites for hydroxylation is 1. The molecule has 2 N–H and O–H groups in total. The van der Waals surface area contributed by atoms with E-state index >= 15 is 0 Å². The Kier molecular flexibility index (Phi) is 7.26. The van der Waals surface area contributed by atoms with E-state index in [4.69, 9.17) is 4.74 Å². The van der Waals surface area contributed by atoms with Crippen LogP contribution >= 0.6 is 0 Å². The van der Waals surface area contributed by atoms with E-state index in [1.807, 2.05) is 13.0 Å². The number of amides is 2. The molecule has 0 saturated carbocycles. The van der Waals surface area contributed by atoms with E-state index in [9.17, 15) is 18.8 Å². The average Bonchev–Trinajstić information content (AvgIpc) is 2.64. The Morgan fingerprint density at radius 1 is 1.07 bits per heavy atom. The van der Waals surface area contributed by atoms with Crippen LogP contribution in [0.25, 0.3) is 0 Å². The molecule has 28 heavy (non-hydrogen) atoms. The van der Waals surface area contributed by atoms with Gasteiger partial charge in [0.15, 0.2) is 6.61 Å². The van der Waals surface area contributed by atoms with Crippen molar-refractivity contribution in [2.75, 3.05) is 11.9 Å². The molecule has 0 radical (unpaired) electrons. The van der Waals surface area contributed by atoms with E-state index in [-0.39, 0.29) is 11.5 Å². The van der Waals surface area contributed by atoms with Crippen LogP contribution in [-0.4, -0.2) is 30.4 Å². The maximum Gasteiger partial charge on any atom is 0.329 e. The monoisotopic (exact) mass is 386 g/mol. The van der Waals surface area contributed by atoms with Crippen LogP contribution in [0, 0.1) is 18.7 Å². The fraction of sp³-hybridized carbons (Fsp3) is 0.286. The second kappa shape index (κ2) is 9.64. The Hall–Kier alpha value is -3.22. The van der Waals surface area contributed by atoms with E-state index in [0.29, 0.717) is 5.69 Å². The number of halogens is 1. The summed E-state index contributed by atoms with van der Waals surface area (Å²) in [6.07, 6.45) is 0. The largest absolute Gasteiger partial charge is 0.454 e. The van der Waals surface area contributed by atoms with Crippen LogP contribution in [0.5, 0.6) is 0 Å². The zero-order valence-electron chi connectivity index (χ0n) is 16.0. The van der Waals surface area contributed by atoms with Gasteiger partial charge in [-0.15, -0.1) is 0 Å². The summed E-state index contributed by atoms with van der Waals surface area (Å²) in [5.74, 6) is -2.45. The molecule has 0 aliphatic rings. The summed E-state index contributed by atoms with van der Waals surface area (Å²) in [7, 11) is 0. The molecule has 0 heterocycles. The standard InChI is InChI=1S/C21H23FN2O4/c1-13(2)19(24-20(26)15-7-9-16(22)10-8-15)21(27)28-12-18(25)23-17-6-4-5-14(3)11-17/h4-11,13,19H,12H2,1-3H3,(H,23,25)(H,24,26). The van der Waals surface area contributed by atoms with E-state index in [1.165, 1.54) is 12.1 Å². The number of carbonyl (C=O) groups is 3. The van der Waals surface area contributed by atoms with E-state index in [2.05, 4.69) is 10.6 Å². The van der Waals surface area contributed by atoms with Crippen LogP contribution in [-0.2, 0) is 14.3 Å². The lowest BCUT2D eigenvalue weighted by molar-refractivity contribution is -0.150. The average molecular weight is 386 g/mol. The molecule has 0 spiro atoms. The molecule has 0 aliphatic carbocycles. The van der Waals surface area contributed by atoms with Gasteiger partial charge in [0.2, 0.25) is 0 Å². The van der Waals surface area contributed by atoms with Crippen molar-refractivity contribution < 1.29 is 23.5 Å². The highest BCUT2D eigenvalue weighted by Crippen LogP contribution is 2.10. The smallest absolute Gasteiger partial charge is 0.329 e. The van der Waals surface area contributed by atoms with Crippen LogP contribution in [0.3, 0.4) is 0 Å². The Balaban J connectivity index is 1.92. The summed E-state index contributed by atoms with van der Waals surface area (Å²) in [4.78, 5) is 36.6. The van der Waals surface area contributed by atoms with Crippen molar-refractivity contribution in [3.05, 3.63) is 65.5 Å². The van der Waals surface area contributed by atoms with Crippen molar-refractivity contribution in [2.45, 2.75) is 26.8 Å². The Bertz CT molecular complexity index is 850. The zero-order valence-corrected chi connectivity index (χ0v) is 16.0. The molecule has 6 nitrogen and oxygen atoms in total. The minimum Gasteiger partial charge on any atom is -0.454 e. The SMILES string of the molecule is Cc1cccc(NC(=O)COC(=O)C(NC(=O)c2ccc(F)cc2)C(C)C)c1. The topological polar surface area (TPSA) is 84.5 Å².